The maximum absolute atomic E-state index is 3.57. The van der Waals surface area contributed by atoms with Crippen LogP contribution in [0.3, 0.4) is 0 Å². The van der Waals surface area contributed by atoms with Crippen molar-refractivity contribution >= 4 is 31.9 Å². The molecule has 0 heterocycles. The van der Waals surface area contributed by atoms with Gasteiger partial charge in [0.05, 0.1) is 0 Å². The van der Waals surface area contributed by atoms with Gasteiger partial charge in [0.1, 0.15) is 0 Å². The zero-order chi connectivity index (χ0) is 7.98. The molecule has 1 atom stereocenters. The third-order valence-electron chi connectivity index (χ3n) is 1.52. The van der Waals surface area contributed by atoms with Crippen molar-refractivity contribution in [1.82, 2.24) is 4.90 Å². The van der Waals surface area contributed by atoms with E-state index in [1.54, 1.807) is 0 Å². The predicted molar refractivity (Wildman–Crippen MR) is 54.3 cm³/mol. The van der Waals surface area contributed by atoms with Crippen molar-refractivity contribution in [2.24, 2.45) is 0 Å². The van der Waals surface area contributed by atoms with Crippen LogP contribution in [-0.4, -0.2) is 34.7 Å². The van der Waals surface area contributed by atoms with Gasteiger partial charge in [0.25, 0.3) is 0 Å². The molecule has 0 fully saturated rings. The van der Waals surface area contributed by atoms with E-state index in [-0.39, 0.29) is 0 Å². The van der Waals surface area contributed by atoms with Crippen LogP contribution in [0, 0.1) is 0 Å². The van der Waals surface area contributed by atoms with Crippen LogP contribution in [0.2, 0.25) is 0 Å². The molecule has 62 valence electrons. The van der Waals surface area contributed by atoms with Crippen LogP contribution in [0.4, 0.5) is 0 Å². The highest BCUT2D eigenvalue weighted by atomic mass is 79.9. The van der Waals surface area contributed by atoms with Crippen LogP contribution in [0.5, 0.6) is 0 Å². The average Bonchev–Trinajstić information content (AvgIpc) is 1.99. The van der Waals surface area contributed by atoms with E-state index in [1.165, 1.54) is 0 Å². The first-order valence-corrected chi connectivity index (χ1v) is 5.70. The largest absolute Gasteiger partial charge is 0.303 e. The molecular weight excluding hydrogens is 258 g/mol. The first kappa shape index (κ1) is 10.9. The molecule has 0 aliphatic carbocycles. The molecule has 10 heavy (non-hydrogen) atoms. The average molecular weight is 273 g/mol. The lowest BCUT2D eigenvalue weighted by molar-refractivity contribution is 0.310. The molecule has 0 rings (SSSR count). The standard InChI is InChI=1S/C7H15Br2N/c1-3-10(4-2)6-7(9)5-8/h7H,3-6H2,1-2H3. The molecule has 1 unspecified atom stereocenters. The molecular formula is C7H15Br2N. The monoisotopic (exact) mass is 271 g/mol. The minimum absolute atomic E-state index is 0.590. The van der Waals surface area contributed by atoms with Gasteiger partial charge in [-0.1, -0.05) is 45.7 Å². The van der Waals surface area contributed by atoms with Gasteiger partial charge in [0.15, 0.2) is 0 Å². The second-order valence-electron chi connectivity index (χ2n) is 2.24. The Morgan fingerprint density at radius 3 is 2.10 bits per heavy atom. The van der Waals surface area contributed by atoms with E-state index in [9.17, 15) is 0 Å². The van der Waals surface area contributed by atoms with Crippen molar-refractivity contribution in [3.05, 3.63) is 0 Å². The van der Waals surface area contributed by atoms with Gasteiger partial charge >= 0.3 is 0 Å². The normalized spacial score (nSPS) is 14.1. The van der Waals surface area contributed by atoms with Gasteiger partial charge in [-0.3, -0.25) is 0 Å². The van der Waals surface area contributed by atoms with E-state index in [1.807, 2.05) is 0 Å². The van der Waals surface area contributed by atoms with Gasteiger partial charge < -0.3 is 4.90 Å². The third-order valence-corrected chi connectivity index (χ3v) is 3.78. The zero-order valence-electron chi connectivity index (χ0n) is 6.61. The molecule has 0 saturated heterocycles. The molecule has 0 radical (unpaired) electrons. The Bertz CT molecular complexity index is 74.0. The smallest absolute Gasteiger partial charge is 0.0370 e. The second-order valence-corrected chi connectivity index (χ2v) is 4.18. The van der Waals surface area contributed by atoms with Gasteiger partial charge in [-0.2, -0.15) is 0 Å². The number of hydrogen-bond donors (Lipinski definition) is 0. The molecule has 0 amide bonds. The fourth-order valence-corrected chi connectivity index (χ4v) is 1.43. The van der Waals surface area contributed by atoms with Crippen LogP contribution in [0.15, 0.2) is 0 Å². The quantitative estimate of drug-likeness (QED) is 0.695. The van der Waals surface area contributed by atoms with Crippen LogP contribution < -0.4 is 0 Å². The number of alkyl halides is 2. The summed E-state index contributed by atoms with van der Waals surface area (Å²) in [4.78, 5) is 2.99. The van der Waals surface area contributed by atoms with Gasteiger partial charge in [0, 0.05) is 16.7 Å². The summed E-state index contributed by atoms with van der Waals surface area (Å²) in [7, 11) is 0. The Kier molecular flexibility index (Phi) is 7.23. The zero-order valence-corrected chi connectivity index (χ0v) is 9.78. The predicted octanol–water partition coefficient (Wildman–Crippen LogP) is 2.49. The van der Waals surface area contributed by atoms with Crippen LogP contribution in [0.1, 0.15) is 13.8 Å². The van der Waals surface area contributed by atoms with Crippen molar-refractivity contribution < 1.29 is 0 Å². The number of nitrogens with zero attached hydrogens (tertiary/aromatic N) is 1. The molecule has 0 aromatic carbocycles. The first-order chi connectivity index (χ1) is 4.74. The molecule has 0 aromatic heterocycles. The SMILES string of the molecule is CCN(CC)CC(Br)CBr. The summed E-state index contributed by atoms with van der Waals surface area (Å²) in [6.45, 7) is 7.81. The topological polar surface area (TPSA) is 3.24 Å². The Hall–Kier alpha value is 0.920. The molecule has 0 spiro atoms. The molecule has 0 bridgehead atoms. The lowest BCUT2D eigenvalue weighted by atomic mass is 10.4. The summed E-state index contributed by atoms with van der Waals surface area (Å²) < 4.78 is 0. The van der Waals surface area contributed by atoms with E-state index < -0.39 is 0 Å². The molecule has 0 saturated carbocycles. The third kappa shape index (κ3) is 4.69. The van der Waals surface area contributed by atoms with E-state index in [4.69, 9.17) is 0 Å². The lowest BCUT2D eigenvalue weighted by Gasteiger charge is -2.19. The van der Waals surface area contributed by atoms with E-state index in [0.717, 1.165) is 25.0 Å². The Morgan fingerprint density at radius 1 is 1.30 bits per heavy atom. The first-order valence-electron chi connectivity index (χ1n) is 3.66. The van der Waals surface area contributed by atoms with Crippen LogP contribution >= 0.6 is 31.9 Å². The summed E-state index contributed by atoms with van der Waals surface area (Å²) in [5.74, 6) is 0. The summed E-state index contributed by atoms with van der Waals surface area (Å²) in [6, 6.07) is 0. The van der Waals surface area contributed by atoms with Crippen molar-refractivity contribution in [2.45, 2.75) is 18.7 Å². The van der Waals surface area contributed by atoms with Crippen LogP contribution in [-0.2, 0) is 0 Å². The number of hydrogen-bond acceptors (Lipinski definition) is 1. The fourth-order valence-electron chi connectivity index (χ4n) is 0.811. The van der Waals surface area contributed by atoms with Gasteiger partial charge in [-0.25, -0.2) is 0 Å². The Balaban J connectivity index is 3.41. The summed E-state index contributed by atoms with van der Waals surface area (Å²) in [6.07, 6.45) is 0. The molecule has 0 aliphatic rings. The highest BCUT2D eigenvalue weighted by molar-refractivity contribution is 9.12. The lowest BCUT2D eigenvalue weighted by Crippen LogP contribution is -2.30. The molecule has 0 N–H and O–H groups in total. The van der Waals surface area contributed by atoms with Crippen LogP contribution in [0.25, 0.3) is 0 Å². The number of halogens is 2. The maximum atomic E-state index is 3.57. The van der Waals surface area contributed by atoms with Crippen molar-refractivity contribution in [2.75, 3.05) is 25.0 Å². The van der Waals surface area contributed by atoms with Crippen molar-refractivity contribution in [3.8, 4) is 0 Å². The van der Waals surface area contributed by atoms with Crippen molar-refractivity contribution in [3.63, 3.8) is 0 Å². The highest BCUT2D eigenvalue weighted by Crippen LogP contribution is 2.05. The van der Waals surface area contributed by atoms with E-state index in [2.05, 4.69) is 50.6 Å². The molecule has 0 aliphatic heterocycles. The minimum Gasteiger partial charge on any atom is -0.303 e. The van der Waals surface area contributed by atoms with E-state index >= 15 is 0 Å². The van der Waals surface area contributed by atoms with Gasteiger partial charge in [-0.15, -0.1) is 0 Å². The maximum Gasteiger partial charge on any atom is 0.0370 e. The van der Waals surface area contributed by atoms with E-state index in [0.29, 0.717) is 4.83 Å². The fraction of sp³-hybridized carbons (Fsp3) is 1.00. The van der Waals surface area contributed by atoms with Gasteiger partial charge in [-0.05, 0) is 13.1 Å². The second kappa shape index (κ2) is 6.62. The molecule has 1 nitrogen and oxygen atoms in total. The molecule has 3 heteroatoms. The summed E-state index contributed by atoms with van der Waals surface area (Å²) >= 11 is 7.00. The minimum atomic E-state index is 0.590. The van der Waals surface area contributed by atoms with Crippen molar-refractivity contribution in [1.29, 1.82) is 0 Å². The summed E-state index contributed by atoms with van der Waals surface area (Å²) in [5, 5.41) is 1.03. The van der Waals surface area contributed by atoms with Gasteiger partial charge in [0.2, 0.25) is 0 Å². The number of rotatable bonds is 5. The Labute approximate surface area is 80.4 Å². The Morgan fingerprint density at radius 2 is 1.80 bits per heavy atom. The molecule has 0 aromatic rings. The summed E-state index contributed by atoms with van der Waals surface area (Å²) in [5.41, 5.74) is 0. The highest BCUT2D eigenvalue weighted by Gasteiger charge is 2.05.